The van der Waals surface area contributed by atoms with Gasteiger partial charge < -0.3 is 10.6 Å². The number of carbonyl (C=O) groups is 4. The fourth-order valence-corrected chi connectivity index (χ4v) is 4.20. The van der Waals surface area contributed by atoms with E-state index in [9.17, 15) is 19.2 Å². The zero-order chi connectivity index (χ0) is 23.2. The minimum atomic E-state index is -0.207. The van der Waals surface area contributed by atoms with Gasteiger partial charge in [0.25, 0.3) is 23.6 Å². The summed E-state index contributed by atoms with van der Waals surface area (Å²) in [4.78, 5) is 51.9. The topological polar surface area (TPSA) is 98.8 Å². The Labute approximate surface area is 192 Å². The second-order valence-corrected chi connectivity index (χ2v) is 8.18. The molecular formula is C25H28N4O4. The highest BCUT2D eigenvalue weighted by Crippen LogP contribution is 2.23. The summed E-state index contributed by atoms with van der Waals surface area (Å²) in [6, 6.07) is 13.9. The Kier molecular flexibility index (Phi) is 7.26. The number of imide groups is 2. The fourth-order valence-electron chi connectivity index (χ4n) is 4.20. The molecule has 4 rings (SSSR count). The molecule has 4 amide bonds. The van der Waals surface area contributed by atoms with Gasteiger partial charge in [-0.3, -0.25) is 29.0 Å². The second kappa shape index (κ2) is 10.5. The van der Waals surface area contributed by atoms with E-state index in [2.05, 4.69) is 10.6 Å². The van der Waals surface area contributed by atoms with E-state index >= 15 is 0 Å². The van der Waals surface area contributed by atoms with Crippen molar-refractivity contribution < 1.29 is 19.2 Å². The predicted octanol–water partition coefficient (Wildman–Crippen LogP) is 1.93. The maximum atomic E-state index is 12.3. The molecule has 0 aliphatic carbocycles. The number of nitrogens with zero attached hydrogens (tertiary/aromatic N) is 2. The Morgan fingerprint density at radius 1 is 0.485 bits per heavy atom. The summed E-state index contributed by atoms with van der Waals surface area (Å²) >= 11 is 0. The molecule has 0 saturated carbocycles. The molecular weight excluding hydrogens is 420 g/mol. The molecule has 2 aromatic carbocycles. The van der Waals surface area contributed by atoms with Crippen LogP contribution >= 0.6 is 0 Å². The maximum Gasteiger partial charge on any atom is 0.261 e. The SMILES string of the molecule is O=C1c2ccccc2C(=O)N1CCCNCCCNCCCN1C(=O)c2ccccc2C1=O. The van der Waals surface area contributed by atoms with Crippen LogP contribution in [-0.4, -0.2) is 72.7 Å². The lowest BCUT2D eigenvalue weighted by atomic mass is 10.1. The number of fused-ring (bicyclic) bond motifs is 2. The second-order valence-electron chi connectivity index (χ2n) is 8.18. The molecule has 0 aromatic heterocycles. The first-order valence-corrected chi connectivity index (χ1v) is 11.4. The maximum absolute atomic E-state index is 12.3. The molecule has 2 aliphatic heterocycles. The lowest BCUT2D eigenvalue weighted by Gasteiger charge is -2.14. The van der Waals surface area contributed by atoms with Crippen LogP contribution < -0.4 is 10.6 Å². The highest BCUT2D eigenvalue weighted by atomic mass is 16.2. The summed E-state index contributed by atoms with van der Waals surface area (Å²) in [6.45, 7) is 3.94. The number of amides is 4. The molecule has 2 aliphatic rings. The van der Waals surface area contributed by atoms with Gasteiger partial charge >= 0.3 is 0 Å². The van der Waals surface area contributed by atoms with Crippen molar-refractivity contribution in [1.82, 2.24) is 20.4 Å². The summed E-state index contributed by atoms with van der Waals surface area (Å²) in [7, 11) is 0. The molecule has 33 heavy (non-hydrogen) atoms. The zero-order valence-electron chi connectivity index (χ0n) is 18.5. The Hall–Kier alpha value is -3.36. The van der Waals surface area contributed by atoms with Gasteiger partial charge in [-0.1, -0.05) is 24.3 Å². The highest BCUT2D eigenvalue weighted by molar-refractivity contribution is 6.22. The molecule has 0 saturated heterocycles. The van der Waals surface area contributed by atoms with Gasteiger partial charge in [0.05, 0.1) is 22.3 Å². The smallest absolute Gasteiger partial charge is 0.261 e. The summed E-state index contributed by atoms with van der Waals surface area (Å²) in [5, 5.41) is 6.66. The largest absolute Gasteiger partial charge is 0.317 e. The van der Waals surface area contributed by atoms with Crippen LogP contribution in [0, 0.1) is 0 Å². The van der Waals surface area contributed by atoms with Crippen molar-refractivity contribution in [3.05, 3.63) is 70.8 Å². The van der Waals surface area contributed by atoms with Crippen LogP contribution in [0.4, 0.5) is 0 Å². The predicted molar refractivity (Wildman–Crippen MR) is 123 cm³/mol. The molecule has 172 valence electrons. The summed E-state index contributed by atoms with van der Waals surface area (Å²) < 4.78 is 0. The quantitative estimate of drug-likeness (QED) is 0.380. The zero-order valence-corrected chi connectivity index (χ0v) is 18.5. The van der Waals surface area contributed by atoms with Gasteiger partial charge in [-0.25, -0.2) is 0 Å². The number of hydrogen-bond donors (Lipinski definition) is 2. The Bertz CT molecular complexity index is 914. The van der Waals surface area contributed by atoms with Crippen molar-refractivity contribution in [3.63, 3.8) is 0 Å². The monoisotopic (exact) mass is 448 g/mol. The number of benzene rings is 2. The molecule has 8 heteroatoms. The molecule has 0 radical (unpaired) electrons. The van der Waals surface area contributed by atoms with Crippen LogP contribution in [0.25, 0.3) is 0 Å². The highest BCUT2D eigenvalue weighted by Gasteiger charge is 2.35. The molecule has 0 unspecified atom stereocenters. The molecule has 0 fully saturated rings. The first-order valence-electron chi connectivity index (χ1n) is 11.4. The Balaban J connectivity index is 1.02. The summed E-state index contributed by atoms with van der Waals surface area (Å²) in [5.74, 6) is -0.830. The van der Waals surface area contributed by atoms with E-state index in [1.807, 2.05) is 0 Å². The van der Waals surface area contributed by atoms with Crippen molar-refractivity contribution in [3.8, 4) is 0 Å². The lowest BCUT2D eigenvalue weighted by Crippen LogP contribution is -2.33. The molecule has 0 bridgehead atoms. The molecule has 8 nitrogen and oxygen atoms in total. The summed E-state index contributed by atoms with van der Waals surface area (Å²) in [6.07, 6.45) is 2.35. The van der Waals surface area contributed by atoms with Crippen LogP contribution in [-0.2, 0) is 0 Å². The van der Waals surface area contributed by atoms with E-state index in [0.717, 1.165) is 32.6 Å². The first kappa shape index (κ1) is 22.8. The molecule has 0 atom stereocenters. The van der Waals surface area contributed by atoms with Crippen molar-refractivity contribution in [2.45, 2.75) is 19.3 Å². The lowest BCUT2D eigenvalue weighted by molar-refractivity contribution is 0.0637. The van der Waals surface area contributed by atoms with E-state index in [1.165, 1.54) is 9.80 Å². The van der Waals surface area contributed by atoms with Crippen LogP contribution in [0.2, 0.25) is 0 Å². The fraction of sp³-hybridized carbons (Fsp3) is 0.360. The van der Waals surface area contributed by atoms with E-state index in [0.29, 0.717) is 48.2 Å². The average Bonchev–Trinajstić information content (AvgIpc) is 3.23. The van der Waals surface area contributed by atoms with Gasteiger partial charge in [0.2, 0.25) is 0 Å². The van der Waals surface area contributed by atoms with Gasteiger partial charge in [0.1, 0.15) is 0 Å². The van der Waals surface area contributed by atoms with Crippen LogP contribution in [0.5, 0.6) is 0 Å². The van der Waals surface area contributed by atoms with Crippen LogP contribution in [0.1, 0.15) is 60.7 Å². The van der Waals surface area contributed by atoms with E-state index in [1.54, 1.807) is 48.5 Å². The van der Waals surface area contributed by atoms with Crippen molar-refractivity contribution in [2.24, 2.45) is 0 Å². The Morgan fingerprint density at radius 3 is 1.12 bits per heavy atom. The Morgan fingerprint density at radius 2 is 0.788 bits per heavy atom. The minimum Gasteiger partial charge on any atom is -0.317 e. The van der Waals surface area contributed by atoms with Gasteiger partial charge in [-0.2, -0.15) is 0 Å². The van der Waals surface area contributed by atoms with Gasteiger partial charge in [0.15, 0.2) is 0 Å². The normalized spacial score (nSPS) is 14.9. The van der Waals surface area contributed by atoms with Gasteiger partial charge in [0, 0.05) is 13.1 Å². The van der Waals surface area contributed by atoms with E-state index in [-0.39, 0.29) is 23.6 Å². The molecule has 0 spiro atoms. The number of carbonyl (C=O) groups excluding carboxylic acids is 4. The summed E-state index contributed by atoms with van der Waals surface area (Å²) in [5.41, 5.74) is 1.96. The van der Waals surface area contributed by atoms with Crippen molar-refractivity contribution in [2.75, 3.05) is 39.3 Å². The number of rotatable bonds is 12. The van der Waals surface area contributed by atoms with Crippen molar-refractivity contribution in [1.29, 1.82) is 0 Å². The first-order chi connectivity index (χ1) is 16.1. The molecule has 2 aromatic rings. The standard InChI is InChI=1S/C25H28N4O4/c30-22-18-8-1-2-9-19(18)23(31)28(22)16-6-14-26-12-5-13-27-15-7-17-29-24(32)20-10-3-4-11-21(20)25(29)33/h1-4,8-11,26-27H,5-7,12-17H2. The minimum absolute atomic E-state index is 0.207. The van der Waals surface area contributed by atoms with Gasteiger partial charge in [-0.05, 0) is 69.7 Å². The number of nitrogens with one attached hydrogen (secondary N) is 2. The van der Waals surface area contributed by atoms with E-state index in [4.69, 9.17) is 0 Å². The molecule has 2 heterocycles. The average molecular weight is 449 g/mol. The van der Waals surface area contributed by atoms with Gasteiger partial charge in [-0.15, -0.1) is 0 Å². The third-order valence-corrected chi connectivity index (χ3v) is 5.93. The number of hydrogen-bond acceptors (Lipinski definition) is 6. The van der Waals surface area contributed by atoms with Crippen LogP contribution in [0.3, 0.4) is 0 Å². The van der Waals surface area contributed by atoms with Crippen LogP contribution in [0.15, 0.2) is 48.5 Å². The third kappa shape index (κ3) is 4.86. The third-order valence-electron chi connectivity index (χ3n) is 5.93. The van der Waals surface area contributed by atoms with E-state index < -0.39 is 0 Å². The van der Waals surface area contributed by atoms with Crippen molar-refractivity contribution >= 4 is 23.6 Å². The molecule has 2 N–H and O–H groups in total.